The van der Waals surface area contributed by atoms with Crippen molar-refractivity contribution in [1.82, 2.24) is 10.6 Å². The molecule has 30 heavy (non-hydrogen) atoms. The molecule has 0 atom stereocenters. The number of carbonyl (C=O) groups excluding carboxylic acids is 2. The fraction of sp³-hybridized carbons (Fsp3) is 0.364. The Balaban J connectivity index is 1.57. The Kier molecular flexibility index (Phi) is 6.66. The Bertz CT molecular complexity index is 924. The predicted octanol–water partition coefficient (Wildman–Crippen LogP) is 2.96. The van der Waals surface area contributed by atoms with Gasteiger partial charge in [0.05, 0.1) is 18.6 Å². The molecule has 158 valence electrons. The van der Waals surface area contributed by atoms with E-state index in [1.165, 1.54) is 24.8 Å². The molecular weight excluding hydrogens is 386 g/mol. The van der Waals surface area contributed by atoms with E-state index in [-0.39, 0.29) is 34.9 Å². The molecule has 0 aliphatic heterocycles. The lowest BCUT2D eigenvalue weighted by molar-refractivity contribution is -0.385. The van der Waals surface area contributed by atoms with Gasteiger partial charge in [0.2, 0.25) is 5.91 Å². The zero-order chi connectivity index (χ0) is 21.6. The summed E-state index contributed by atoms with van der Waals surface area (Å²) in [5.74, 6) is -0.792. The van der Waals surface area contributed by atoms with Crippen molar-refractivity contribution < 1.29 is 19.2 Å². The van der Waals surface area contributed by atoms with Gasteiger partial charge in [-0.1, -0.05) is 43.2 Å². The van der Waals surface area contributed by atoms with E-state index in [4.69, 9.17) is 4.74 Å². The van der Waals surface area contributed by atoms with E-state index in [9.17, 15) is 19.7 Å². The highest BCUT2D eigenvalue weighted by Crippen LogP contribution is 2.40. The van der Waals surface area contributed by atoms with E-state index in [0.717, 1.165) is 31.7 Å². The quantitative estimate of drug-likeness (QED) is 0.513. The highest BCUT2D eigenvalue weighted by atomic mass is 16.6. The minimum absolute atomic E-state index is 0.0667. The molecule has 0 spiro atoms. The van der Waals surface area contributed by atoms with Gasteiger partial charge in [0.25, 0.3) is 5.91 Å². The van der Waals surface area contributed by atoms with Gasteiger partial charge in [-0.3, -0.25) is 19.7 Å². The summed E-state index contributed by atoms with van der Waals surface area (Å²) in [4.78, 5) is 35.1. The average molecular weight is 411 g/mol. The molecule has 0 aromatic heterocycles. The monoisotopic (exact) mass is 411 g/mol. The number of ether oxygens (including phenoxy) is 1. The summed E-state index contributed by atoms with van der Waals surface area (Å²) in [6.07, 6.45) is 4.27. The van der Waals surface area contributed by atoms with Gasteiger partial charge < -0.3 is 15.4 Å². The molecule has 3 rings (SSSR count). The van der Waals surface area contributed by atoms with Gasteiger partial charge in [-0.25, -0.2) is 0 Å². The summed E-state index contributed by atoms with van der Waals surface area (Å²) >= 11 is 0. The van der Waals surface area contributed by atoms with Crippen molar-refractivity contribution in [1.29, 1.82) is 0 Å². The number of carbonyl (C=O) groups is 2. The first-order chi connectivity index (χ1) is 14.4. The molecule has 0 unspecified atom stereocenters. The lowest BCUT2D eigenvalue weighted by Gasteiger charge is -2.30. The third-order valence-electron chi connectivity index (χ3n) is 5.62. The second kappa shape index (κ2) is 9.39. The second-order valence-electron chi connectivity index (χ2n) is 7.46. The maximum atomic E-state index is 12.3. The van der Waals surface area contributed by atoms with Crippen LogP contribution in [0.25, 0.3) is 0 Å². The normalized spacial score (nSPS) is 14.7. The maximum absolute atomic E-state index is 12.3. The number of methoxy groups -OCH3 is 1. The largest absolute Gasteiger partial charge is 0.490 e. The van der Waals surface area contributed by atoms with Gasteiger partial charge in [0, 0.05) is 23.6 Å². The van der Waals surface area contributed by atoms with Crippen LogP contribution in [0.2, 0.25) is 0 Å². The molecular formula is C22H25N3O5. The first-order valence-corrected chi connectivity index (χ1v) is 9.88. The second-order valence-corrected chi connectivity index (χ2v) is 7.46. The summed E-state index contributed by atoms with van der Waals surface area (Å²) in [5.41, 5.74) is 0.933. The number of nitrogens with one attached hydrogen (secondary N) is 2. The van der Waals surface area contributed by atoms with Gasteiger partial charge in [-0.15, -0.1) is 0 Å². The Morgan fingerprint density at radius 2 is 1.80 bits per heavy atom. The minimum atomic E-state index is -0.618. The van der Waals surface area contributed by atoms with Crippen molar-refractivity contribution in [2.75, 3.05) is 20.2 Å². The minimum Gasteiger partial charge on any atom is -0.490 e. The summed E-state index contributed by atoms with van der Waals surface area (Å²) in [6, 6.07) is 14.1. The van der Waals surface area contributed by atoms with Crippen LogP contribution in [0.5, 0.6) is 5.75 Å². The van der Waals surface area contributed by atoms with E-state index < -0.39 is 10.8 Å². The summed E-state index contributed by atoms with van der Waals surface area (Å²) < 4.78 is 4.93. The maximum Gasteiger partial charge on any atom is 0.311 e. The van der Waals surface area contributed by atoms with Gasteiger partial charge in [0.1, 0.15) is 0 Å². The molecule has 1 fully saturated rings. The molecule has 1 aliphatic carbocycles. The third-order valence-corrected chi connectivity index (χ3v) is 5.62. The standard InChI is InChI=1S/C22H25N3O5/c1-30-19-10-9-16(13-18(19)25(28)29)21(27)23-14-20(26)24-15-22(11-5-6-12-22)17-7-3-2-4-8-17/h2-4,7-10,13H,5-6,11-12,14-15H2,1H3,(H,23,27)(H,24,26). The molecule has 0 saturated heterocycles. The zero-order valence-electron chi connectivity index (χ0n) is 16.8. The molecule has 2 N–H and O–H groups in total. The van der Waals surface area contributed by atoms with Crippen molar-refractivity contribution >= 4 is 17.5 Å². The summed E-state index contributed by atoms with van der Waals surface area (Å²) in [7, 11) is 1.32. The van der Waals surface area contributed by atoms with Crippen LogP contribution in [-0.2, 0) is 10.2 Å². The van der Waals surface area contributed by atoms with Gasteiger partial charge in [0.15, 0.2) is 5.75 Å². The number of nitro benzene ring substituents is 1. The van der Waals surface area contributed by atoms with E-state index in [1.807, 2.05) is 18.2 Å². The van der Waals surface area contributed by atoms with Gasteiger partial charge in [-0.2, -0.15) is 0 Å². The first kappa shape index (κ1) is 21.3. The lowest BCUT2D eigenvalue weighted by Crippen LogP contribution is -2.43. The molecule has 0 radical (unpaired) electrons. The number of hydrogen-bond donors (Lipinski definition) is 2. The predicted molar refractivity (Wildman–Crippen MR) is 112 cm³/mol. The van der Waals surface area contributed by atoms with Crippen LogP contribution in [0.15, 0.2) is 48.5 Å². The van der Waals surface area contributed by atoms with Crippen molar-refractivity contribution in [3.63, 3.8) is 0 Å². The van der Waals surface area contributed by atoms with Crippen LogP contribution in [0.3, 0.4) is 0 Å². The Hall–Kier alpha value is -3.42. The fourth-order valence-electron chi connectivity index (χ4n) is 3.98. The first-order valence-electron chi connectivity index (χ1n) is 9.88. The molecule has 2 aromatic rings. The summed E-state index contributed by atoms with van der Waals surface area (Å²) in [6.45, 7) is 0.309. The van der Waals surface area contributed by atoms with Gasteiger partial charge >= 0.3 is 5.69 Å². The fourth-order valence-corrected chi connectivity index (χ4v) is 3.98. The van der Waals surface area contributed by atoms with E-state index in [1.54, 1.807) is 0 Å². The van der Waals surface area contributed by atoms with E-state index in [0.29, 0.717) is 6.54 Å². The van der Waals surface area contributed by atoms with Crippen LogP contribution in [0, 0.1) is 10.1 Å². The van der Waals surface area contributed by atoms with Crippen molar-refractivity contribution in [2.24, 2.45) is 0 Å². The van der Waals surface area contributed by atoms with Crippen LogP contribution >= 0.6 is 0 Å². The lowest BCUT2D eigenvalue weighted by atomic mass is 9.79. The number of nitrogens with zero attached hydrogens (tertiary/aromatic N) is 1. The van der Waals surface area contributed by atoms with Crippen LogP contribution in [0.4, 0.5) is 5.69 Å². The van der Waals surface area contributed by atoms with Crippen molar-refractivity contribution in [3.05, 3.63) is 69.8 Å². The van der Waals surface area contributed by atoms with Crippen LogP contribution < -0.4 is 15.4 Å². The number of hydrogen-bond acceptors (Lipinski definition) is 5. The van der Waals surface area contributed by atoms with Crippen LogP contribution in [0.1, 0.15) is 41.6 Å². The molecule has 1 aliphatic rings. The SMILES string of the molecule is COc1ccc(C(=O)NCC(=O)NCC2(c3ccccc3)CCCC2)cc1[N+](=O)[O-]. The Morgan fingerprint density at radius 3 is 2.43 bits per heavy atom. The number of nitro groups is 1. The number of benzene rings is 2. The van der Waals surface area contributed by atoms with Crippen molar-refractivity contribution in [3.8, 4) is 5.75 Å². The topological polar surface area (TPSA) is 111 Å². The smallest absolute Gasteiger partial charge is 0.311 e. The molecule has 0 bridgehead atoms. The average Bonchev–Trinajstić information content (AvgIpc) is 3.26. The molecule has 8 nitrogen and oxygen atoms in total. The number of amides is 2. The Morgan fingerprint density at radius 1 is 1.10 bits per heavy atom. The highest BCUT2D eigenvalue weighted by molar-refractivity contribution is 5.97. The molecule has 8 heteroatoms. The third kappa shape index (κ3) is 4.76. The summed E-state index contributed by atoms with van der Waals surface area (Å²) in [5, 5.41) is 16.6. The number of rotatable bonds is 8. The zero-order valence-corrected chi connectivity index (χ0v) is 16.8. The molecule has 2 amide bonds. The van der Waals surface area contributed by atoms with E-state index in [2.05, 4.69) is 22.8 Å². The van der Waals surface area contributed by atoms with E-state index >= 15 is 0 Å². The Labute approximate surface area is 174 Å². The molecule has 1 saturated carbocycles. The van der Waals surface area contributed by atoms with Crippen LogP contribution in [-0.4, -0.2) is 36.9 Å². The molecule has 2 aromatic carbocycles. The van der Waals surface area contributed by atoms with Gasteiger partial charge in [-0.05, 0) is 30.5 Å². The molecule has 0 heterocycles. The van der Waals surface area contributed by atoms with Crippen molar-refractivity contribution in [2.45, 2.75) is 31.1 Å². The highest BCUT2D eigenvalue weighted by Gasteiger charge is 2.35.